The van der Waals surface area contributed by atoms with Gasteiger partial charge in [0.25, 0.3) is 11.8 Å². The number of halogens is 4. The van der Waals surface area contributed by atoms with Gasteiger partial charge in [-0.1, -0.05) is 34.8 Å². The first kappa shape index (κ1) is 24.5. The van der Waals surface area contributed by atoms with Crippen LogP contribution in [0.15, 0.2) is 41.1 Å². The van der Waals surface area contributed by atoms with Crippen LogP contribution in [0.3, 0.4) is 0 Å². The van der Waals surface area contributed by atoms with Crippen LogP contribution in [0.2, 0.25) is 15.1 Å². The Balaban J connectivity index is 2.10. The molecule has 3 rings (SSSR count). The first-order valence-electron chi connectivity index (χ1n) is 9.35. The fraction of sp³-hybridized carbons (Fsp3) is 0.238. The highest BCUT2D eigenvalue weighted by Crippen LogP contribution is 2.34. The third-order valence-electron chi connectivity index (χ3n) is 4.24. The summed E-state index contributed by atoms with van der Waals surface area (Å²) >= 11 is 22.1. The van der Waals surface area contributed by atoms with Gasteiger partial charge in [-0.3, -0.25) is 9.59 Å². The highest BCUT2D eigenvalue weighted by molar-refractivity contribution is 9.10. The minimum Gasteiger partial charge on any atom is -0.347 e. The molecule has 7 nitrogen and oxygen atoms in total. The van der Waals surface area contributed by atoms with Gasteiger partial charge >= 0.3 is 0 Å². The van der Waals surface area contributed by atoms with Gasteiger partial charge in [0.2, 0.25) is 0 Å². The molecule has 0 aliphatic carbocycles. The van der Waals surface area contributed by atoms with Crippen molar-refractivity contribution in [2.24, 2.45) is 0 Å². The molecule has 0 aliphatic rings. The number of hydrogen-bond acceptors (Lipinski definition) is 4. The van der Waals surface area contributed by atoms with E-state index in [0.29, 0.717) is 9.63 Å². The zero-order valence-electron chi connectivity index (χ0n) is 17.6. The number of benzene rings is 1. The van der Waals surface area contributed by atoms with E-state index in [2.05, 4.69) is 31.3 Å². The topological polar surface area (TPSA) is 80.1 Å². The van der Waals surface area contributed by atoms with Gasteiger partial charge in [0.1, 0.15) is 10.3 Å². The SMILES string of the molecule is CN(C(=O)c1cc(Br)nn1-c1ncccc1Cl)c1c(Cl)cc(Cl)cc1C(=O)NC(C)(C)C. The molecule has 3 aromatic rings. The Kier molecular flexibility index (Phi) is 7.19. The van der Waals surface area contributed by atoms with Crippen LogP contribution in [-0.4, -0.2) is 39.2 Å². The van der Waals surface area contributed by atoms with Gasteiger partial charge in [-0.15, -0.1) is 0 Å². The Morgan fingerprint density at radius 3 is 2.44 bits per heavy atom. The lowest BCUT2D eigenvalue weighted by molar-refractivity contribution is 0.0920. The van der Waals surface area contributed by atoms with Crippen molar-refractivity contribution in [2.45, 2.75) is 26.3 Å². The van der Waals surface area contributed by atoms with E-state index in [1.807, 2.05) is 20.8 Å². The summed E-state index contributed by atoms with van der Waals surface area (Å²) < 4.78 is 1.73. The van der Waals surface area contributed by atoms with E-state index >= 15 is 0 Å². The summed E-state index contributed by atoms with van der Waals surface area (Å²) in [4.78, 5) is 32.0. The first-order chi connectivity index (χ1) is 14.9. The summed E-state index contributed by atoms with van der Waals surface area (Å²) in [6.45, 7) is 5.54. The molecule has 32 heavy (non-hydrogen) atoms. The lowest BCUT2D eigenvalue weighted by atomic mass is 10.1. The number of nitrogens with one attached hydrogen (secondary N) is 1. The summed E-state index contributed by atoms with van der Waals surface area (Å²) in [6.07, 6.45) is 1.54. The number of amides is 2. The Hall–Kier alpha value is -2.13. The summed E-state index contributed by atoms with van der Waals surface area (Å²) in [5, 5.41) is 7.88. The van der Waals surface area contributed by atoms with Gasteiger partial charge in [-0.2, -0.15) is 5.10 Å². The molecule has 2 heterocycles. The van der Waals surface area contributed by atoms with Crippen LogP contribution in [0.25, 0.3) is 5.82 Å². The highest BCUT2D eigenvalue weighted by Gasteiger charge is 2.28. The molecule has 0 bridgehead atoms. The van der Waals surface area contributed by atoms with Gasteiger partial charge < -0.3 is 10.2 Å². The van der Waals surface area contributed by atoms with E-state index in [9.17, 15) is 9.59 Å². The van der Waals surface area contributed by atoms with E-state index in [-0.39, 0.29) is 32.8 Å². The molecule has 0 saturated heterocycles. The number of rotatable bonds is 4. The zero-order valence-corrected chi connectivity index (χ0v) is 21.4. The largest absolute Gasteiger partial charge is 0.347 e. The number of pyridine rings is 1. The summed E-state index contributed by atoms with van der Waals surface area (Å²) in [7, 11) is 1.51. The number of hydrogen-bond donors (Lipinski definition) is 1. The van der Waals surface area contributed by atoms with Crippen LogP contribution in [0, 0.1) is 0 Å². The predicted octanol–water partition coefficient (Wildman–Crippen LogP) is 5.79. The second kappa shape index (κ2) is 9.39. The third kappa shape index (κ3) is 5.26. The van der Waals surface area contributed by atoms with Crippen molar-refractivity contribution in [3.63, 3.8) is 0 Å². The maximum absolute atomic E-state index is 13.5. The minimum absolute atomic E-state index is 0.147. The summed E-state index contributed by atoms with van der Waals surface area (Å²) in [5.74, 6) is -0.623. The maximum Gasteiger partial charge on any atom is 0.276 e. The lowest BCUT2D eigenvalue weighted by Crippen LogP contribution is -2.41. The standard InChI is InChI=1S/C21H19BrCl3N5O2/c1-21(2,3)27-19(31)12-8-11(23)9-14(25)17(12)29(4)20(32)15-10-16(22)28-30(15)18-13(24)6-5-7-26-18/h5-10H,1-4H3,(H,27,31). The van der Waals surface area contributed by atoms with Crippen LogP contribution < -0.4 is 10.2 Å². The predicted molar refractivity (Wildman–Crippen MR) is 130 cm³/mol. The second-order valence-corrected chi connectivity index (χ2v) is 9.99. The Morgan fingerprint density at radius 1 is 1.12 bits per heavy atom. The molecule has 2 amide bonds. The number of aromatic nitrogens is 3. The highest BCUT2D eigenvalue weighted by atomic mass is 79.9. The molecule has 1 N–H and O–H groups in total. The maximum atomic E-state index is 13.5. The molecule has 11 heteroatoms. The molecule has 0 spiro atoms. The van der Waals surface area contributed by atoms with Crippen LogP contribution in [0.4, 0.5) is 5.69 Å². The molecule has 168 valence electrons. The number of carbonyl (C=O) groups excluding carboxylic acids is 2. The first-order valence-corrected chi connectivity index (χ1v) is 11.3. The van der Waals surface area contributed by atoms with Crippen molar-refractivity contribution >= 4 is 68.2 Å². The lowest BCUT2D eigenvalue weighted by Gasteiger charge is -2.25. The van der Waals surface area contributed by atoms with Crippen molar-refractivity contribution in [3.8, 4) is 5.82 Å². The summed E-state index contributed by atoms with van der Waals surface area (Å²) in [5.41, 5.74) is 0.0199. The van der Waals surface area contributed by atoms with E-state index < -0.39 is 17.4 Å². The van der Waals surface area contributed by atoms with Crippen LogP contribution in [0.1, 0.15) is 41.6 Å². The minimum atomic E-state index is -0.509. The quantitative estimate of drug-likeness (QED) is 0.439. The van der Waals surface area contributed by atoms with E-state index in [1.165, 1.54) is 34.8 Å². The van der Waals surface area contributed by atoms with Crippen molar-refractivity contribution in [3.05, 3.63) is 67.5 Å². The average Bonchev–Trinajstić information content (AvgIpc) is 3.06. The Bertz CT molecular complexity index is 1210. The molecule has 0 aliphatic heterocycles. The van der Waals surface area contributed by atoms with Gasteiger partial charge in [-0.25, -0.2) is 9.67 Å². The molecule has 0 fully saturated rings. The van der Waals surface area contributed by atoms with Gasteiger partial charge in [0, 0.05) is 29.9 Å². The van der Waals surface area contributed by atoms with E-state index in [4.69, 9.17) is 34.8 Å². The average molecular weight is 560 g/mol. The molecular formula is C21H19BrCl3N5O2. The van der Waals surface area contributed by atoms with Crippen LogP contribution >= 0.6 is 50.7 Å². The summed E-state index contributed by atoms with van der Waals surface area (Å²) in [6, 6.07) is 7.78. The van der Waals surface area contributed by atoms with Crippen molar-refractivity contribution in [1.29, 1.82) is 0 Å². The van der Waals surface area contributed by atoms with Crippen molar-refractivity contribution in [1.82, 2.24) is 20.1 Å². The normalized spacial score (nSPS) is 11.4. The molecule has 0 radical (unpaired) electrons. The molecule has 2 aromatic heterocycles. The smallest absolute Gasteiger partial charge is 0.276 e. The fourth-order valence-electron chi connectivity index (χ4n) is 2.96. The zero-order chi connectivity index (χ0) is 23.8. The van der Waals surface area contributed by atoms with Gasteiger partial charge in [0.15, 0.2) is 5.82 Å². The van der Waals surface area contributed by atoms with Gasteiger partial charge in [-0.05, 0) is 61.0 Å². The van der Waals surface area contributed by atoms with Gasteiger partial charge in [0.05, 0.1) is 21.3 Å². The second-order valence-electron chi connectivity index (χ2n) is 7.93. The van der Waals surface area contributed by atoms with E-state index in [0.717, 1.165) is 0 Å². The Morgan fingerprint density at radius 2 is 1.81 bits per heavy atom. The third-order valence-corrected chi connectivity index (χ3v) is 5.43. The van der Waals surface area contributed by atoms with Crippen molar-refractivity contribution in [2.75, 3.05) is 11.9 Å². The monoisotopic (exact) mass is 557 g/mol. The number of anilines is 1. The van der Waals surface area contributed by atoms with Crippen molar-refractivity contribution < 1.29 is 9.59 Å². The molecule has 0 saturated carbocycles. The number of nitrogens with zero attached hydrogens (tertiary/aromatic N) is 4. The van der Waals surface area contributed by atoms with E-state index in [1.54, 1.807) is 18.3 Å². The molecule has 0 unspecified atom stereocenters. The number of carbonyl (C=O) groups is 2. The fourth-order valence-corrected chi connectivity index (χ4v) is 4.16. The Labute approximate surface area is 208 Å². The molecule has 1 aromatic carbocycles. The van der Waals surface area contributed by atoms with Crippen LogP contribution in [0.5, 0.6) is 0 Å². The molecular weight excluding hydrogens is 541 g/mol. The molecule has 0 atom stereocenters. The van der Waals surface area contributed by atoms with Crippen LogP contribution in [-0.2, 0) is 0 Å².